The summed E-state index contributed by atoms with van der Waals surface area (Å²) in [6.07, 6.45) is 0.846. The smallest absolute Gasteiger partial charge is 0.323 e. The number of aromatic nitrogens is 2. The summed E-state index contributed by atoms with van der Waals surface area (Å²) in [6.45, 7) is 4.52. The summed E-state index contributed by atoms with van der Waals surface area (Å²) < 4.78 is 3.21. The molecule has 0 unspecified atom stereocenters. The zero-order valence-corrected chi connectivity index (χ0v) is 15.0. The first kappa shape index (κ1) is 17.3. The minimum Gasteiger partial charge on any atom is -0.323 e. The van der Waals surface area contributed by atoms with Gasteiger partial charge < -0.3 is 5.32 Å². The maximum atomic E-state index is 12.7. The molecule has 6 heteroatoms. The van der Waals surface area contributed by atoms with Crippen molar-refractivity contribution >= 4 is 34.2 Å². The third-order valence-corrected chi connectivity index (χ3v) is 4.39. The van der Waals surface area contributed by atoms with Gasteiger partial charge >= 0.3 is 5.69 Å². The van der Waals surface area contributed by atoms with E-state index >= 15 is 0 Å². The molecule has 1 heterocycles. The van der Waals surface area contributed by atoms with Crippen molar-refractivity contribution in [2.24, 2.45) is 0 Å². The number of para-hydroxylation sites is 2. The monoisotopic (exact) mass is 357 g/mol. The molecule has 3 rings (SSSR count). The van der Waals surface area contributed by atoms with Gasteiger partial charge in [-0.3, -0.25) is 13.9 Å². The third kappa shape index (κ3) is 3.46. The molecule has 0 radical (unpaired) electrons. The van der Waals surface area contributed by atoms with Crippen molar-refractivity contribution in [1.29, 1.82) is 0 Å². The number of amides is 1. The van der Waals surface area contributed by atoms with Crippen molar-refractivity contribution in [2.45, 2.75) is 33.4 Å². The molecule has 1 N–H and O–H groups in total. The molecule has 3 aromatic rings. The summed E-state index contributed by atoms with van der Waals surface area (Å²) >= 11 is 6.16. The molecule has 0 bridgehead atoms. The molecule has 0 aliphatic carbocycles. The first-order chi connectivity index (χ1) is 12.0. The molecule has 1 aromatic heterocycles. The number of fused-ring (bicyclic) bond motifs is 1. The highest BCUT2D eigenvalue weighted by atomic mass is 35.5. The van der Waals surface area contributed by atoms with E-state index in [0.29, 0.717) is 17.3 Å². The average molecular weight is 358 g/mol. The standard InChI is InChI=1S/C19H20ClN3O2/c1-3-10-22-16-6-4-5-7-17(16)23(19(22)25)12-18(24)21-15-9-8-13(2)11-14(15)20/h4-9,11H,3,10,12H2,1-2H3,(H,21,24). The van der Waals surface area contributed by atoms with Crippen molar-refractivity contribution in [3.8, 4) is 0 Å². The molecule has 5 nitrogen and oxygen atoms in total. The molecule has 0 aliphatic rings. The van der Waals surface area contributed by atoms with Gasteiger partial charge in [0, 0.05) is 6.54 Å². The van der Waals surface area contributed by atoms with Crippen molar-refractivity contribution in [1.82, 2.24) is 9.13 Å². The predicted octanol–water partition coefficient (Wildman–Crippen LogP) is 3.81. The molecule has 1 amide bonds. The number of anilines is 1. The van der Waals surface area contributed by atoms with E-state index in [1.54, 1.807) is 16.7 Å². The van der Waals surface area contributed by atoms with Crippen molar-refractivity contribution in [3.63, 3.8) is 0 Å². The van der Waals surface area contributed by atoms with Crippen LogP contribution in [0.4, 0.5) is 5.69 Å². The van der Waals surface area contributed by atoms with Crippen LogP contribution in [0, 0.1) is 6.92 Å². The van der Waals surface area contributed by atoms with Gasteiger partial charge in [0.2, 0.25) is 5.91 Å². The number of benzene rings is 2. The van der Waals surface area contributed by atoms with Gasteiger partial charge in [0.05, 0.1) is 21.7 Å². The Bertz CT molecular complexity index is 988. The highest BCUT2D eigenvalue weighted by Crippen LogP contribution is 2.22. The van der Waals surface area contributed by atoms with E-state index in [-0.39, 0.29) is 18.1 Å². The summed E-state index contributed by atoms with van der Waals surface area (Å²) in [5.74, 6) is -0.285. The van der Waals surface area contributed by atoms with Gasteiger partial charge in [-0.05, 0) is 43.2 Å². The Hall–Kier alpha value is -2.53. The fourth-order valence-corrected chi connectivity index (χ4v) is 3.20. The summed E-state index contributed by atoms with van der Waals surface area (Å²) in [5.41, 5.74) is 2.99. The van der Waals surface area contributed by atoms with Crippen LogP contribution in [0.1, 0.15) is 18.9 Å². The lowest BCUT2D eigenvalue weighted by atomic mass is 10.2. The fourth-order valence-electron chi connectivity index (χ4n) is 2.92. The Labute approximate surface area is 150 Å². The highest BCUT2D eigenvalue weighted by molar-refractivity contribution is 6.33. The molecule has 130 valence electrons. The van der Waals surface area contributed by atoms with Crippen LogP contribution in [0.3, 0.4) is 0 Å². The number of imidazole rings is 1. The second-order valence-electron chi connectivity index (χ2n) is 6.04. The van der Waals surface area contributed by atoms with Crippen LogP contribution in [-0.2, 0) is 17.9 Å². The minimum atomic E-state index is -0.285. The molecule has 2 aromatic carbocycles. The van der Waals surface area contributed by atoms with Crippen LogP contribution >= 0.6 is 11.6 Å². The molecule has 25 heavy (non-hydrogen) atoms. The van der Waals surface area contributed by atoms with E-state index in [4.69, 9.17) is 11.6 Å². The Morgan fingerprint density at radius 3 is 2.44 bits per heavy atom. The molecule has 0 atom stereocenters. The first-order valence-corrected chi connectivity index (χ1v) is 8.63. The summed E-state index contributed by atoms with van der Waals surface area (Å²) in [4.78, 5) is 25.1. The number of nitrogens with one attached hydrogen (secondary N) is 1. The molecule has 0 saturated carbocycles. The number of halogens is 1. The Morgan fingerprint density at radius 1 is 1.12 bits per heavy atom. The number of hydrogen-bond donors (Lipinski definition) is 1. The van der Waals surface area contributed by atoms with Gasteiger partial charge in [0.15, 0.2) is 0 Å². The van der Waals surface area contributed by atoms with Gasteiger partial charge in [-0.15, -0.1) is 0 Å². The lowest BCUT2D eigenvalue weighted by Crippen LogP contribution is -2.29. The Morgan fingerprint density at radius 2 is 1.80 bits per heavy atom. The number of hydrogen-bond acceptors (Lipinski definition) is 2. The third-order valence-electron chi connectivity index (χ3n) is 4.07. The van der Waals surface area contributed by atoms with Gasteiger partial charge in [0.25, 0.3) is 0 Å². The Balaban J connectivity index is 1.91. The van der Waals surface area contributed by atoms with E-state index in [1.807, 2.05) is 44.2 Å². The number of nitrogens with zero attached hydrogens (tertiary/aromatic N) is 2. The zero-order chi connectivity index (χ0) is 18.0. The van der Waals surface area contributed by atoms with E-state index < -0.39 is 0 Å². The second kappa shape index (κ2) is 7.15. The number of rotatable bonds is 5. The molecular formula is C19H20ClN3O2. The average Bonchev–Trinajstić information content (AvgIpc) is 2.84. The van der Waals surface area contributed by atoms with Crippen molar-refractivity contribution < 1.29 is 4.79 Å². The quantitative estimate of drug-likeness (QED) is 0.754. The van der Waals surface area contributed by atoms with Crippen LogP contribution in [-0.4, -0.2) is 15.0 Å². The van der Waals surface area contributed by atoms with Gasteiger partial charge in [0.1, 0.15) is 6.54 Å². The zero-order valence-electron chi connectivity index (χ0n) is 14.3. The molecule has 0 fully saturated rings. The van der Waals surface area contributed by atoms with Crippen LogP contribution in [0.2, 0.25) is 5.02 Å². The lowest BCUT2D eigenvalue weighted by molar-refractivity contribution is -0.116. The summed E-state index contributed by atoms with van der Waals surface area (Å²) in [7, 11) is 0. The van der Waals surface area contributed by atoms with Gasteiger partial charge in [-0.2, -0.15) is 0 Å². The van der Waals surface area contributed by atoms with Crippen LogP contribution in [0.5, 0.6) is 0 Å². The molecular weight excluding hydrogens is 338 g/mol. The SMILES string of the molecule is CCCn1c(=O)n(CC(=O)Nc2ccc(C)cc2Cl)c2ccccc21. The van der Waals surface area contributed by atoms with Gasteiger partial charge in [-0.25, -0.2) is 4.79 Å². The lowest BCUT2D eigenvalue weighted by Gasteiger charge is -2.08. The highest BCUT2D eigenvalue weighted by Gasteiger charge is 2.15. The fraction of sp³-hybridized carbons (Fsp3) is 0.263. The minimum absolute atomic E-state index is 0.0553. The molecule has 0 saturated heterocycles. The Kier molecular flexibility index (Phi) is 4.95. The maximum Gasteiger partial charge on any atom is 0.329 e. The molecule has 0 spiro atoms. The van der Waals surface area contributed by atoms with Crippen molar-refractivity contribution in [3.05, 3.63) is 63.5 Å². The normalized spacial score (nSPS) is 11.0. The van der Waals surface area contributed by atoms with E-state index in [2.05, 4.69) is 5.32 Å². The predicted molar refractivity (Wildman–Crippen MR) is 101 cm³/mol. The maximum absolute atomic E-state index is 12.7. The number of carbonyl (C=O) groups is 1. The number of aryl methyl sites for hydroxylation is 2. The van der Waals surface area contributed by atoms with E-state index in [1.165, 1.54) is 4.57 Å². The van der Waals surface area contributed by atoms with E-state index in [0.717, 1.165) is 23.0 Å². The second-order valence-corrected chi connectivity index (χ2v) is 6.45. The van der Waals surface area contributed by atoms with E-state index in [9.17, 15) is 9.59 Å². The largest absolute Gasteiger partial charge is 0.329 e. The van der Waals surface area contributed by atoms with Crippen LogP contribution < -0.4 is 11.0 Å². The van der Waals surface area contributed by atoms with Crippen LogP contribution in [0.15, 0.2) is 47.3 Å². The summed E-state index contributed by atoms with van der Waals surface area (Å²) in [6, 6.07) is 12.9. The van der Waals surface area contributed by atoms with Crippen LogP contribution in [0.25, 0.3) is 11.0 Å². The topological polar surface area (TPSA) is 56.0 Å². The first-order valence-electron chi connectivity index (χ1n) is 8.25. The summed E-state index contributed by atoms with van der Waals surface area (Å²) in [5, 5.41) is 3.26. The van der Waals surface area contributed by atoms with Gasteiger partial charge in [-0.1, -0.05) is 36.7 Å². The number of carbonyl (C=O) groups excluding carboxylic acids is 1. The molecule has 0 aliphatic heterocycles. The van der Waals surface area contributed by atoms with Crippen molar-refractivity contribution in [2.75, 3.05) is 5.32 Å².